The van der Waals surface area contributed by atoms with E-state index in [9.17, 15) is 9.59 Å². The van der Waals surface area contributed by atoms with Gasteiger partial charge in [-0.05, 0) is 43.2 Å². The minimum absolute atomic E-state index is 0.00270. The second-order valence-corrected chi connectivity index (χ2v) is 8.88. The van der Waals surface area contributed by atoms with Gasteiger partial charge in [-0.2, -0.15) is 0 Å². The number of hydrogen-bond acceptors (Lipinski definition) is 5. The van der Waals surface area contributed by atoms with Gasteiger partial charge in [0.15, 0.2) is 5.69 Å². The quantitative estimate of drug-likeness (QED) is 0.510. The van der Waals surface area contributed by atoms with Crippen molar-refractivity contribution in [3.8, 4) is 0 Å². The Bertz CT molecular complexity index is 940. The highest BCUT2D eigenvalue weighted by Crippen LogP contribution is 2.49. The summed E-state index contributed by atoms with van der Waals surface area (Å²) in [4.78, 5) is 28.0. The molecule has 7 heteroatoms. The molecular weight excluding hydrogens is 408 g/mol. The summed E-state index contributed by atoms with van der Waals surface area (Å²) < 4.78 is 12.0. The zero-order valence-electron chi connectivity index (χ0n) is 18.6. The largest absolute Gasteiger partial charge is 0.481 e. The van der Waals surface area contributed by atoms with E-state index in [2.05, 4.69) is 23.3 Å². The van der Waals surface area contributed by atoms with E-state index in [0.29, 0.717) is 24.6 Å². The van der Waals surface area contributed by atoms with Crippen LogP contribution in [-0.2, 0) is 22.4 Å². The lowest BCUT2D eigenvalue weighted by molar-refractivity contribution is -0.136. The molecule has 4 rings (SSSR count). The Balaban J connectivity index is 1.47. The number of nitrogens with zero attached hydrogens (tertiary/aromatic N) is 1. The summed E-state index contributed by atoms with van der Waals surface area (Å²) in [7, 11) is 0. The molecule has 172 valence electrons. The fourth-order valence-corrected chi connectivity index (χ4v) is 5.08. The van der Waals surface area contributed by atoms with E-state index in [4.69, 9.17) is 14.3 Å². The van der Waals surface area contributed by atoms with Crippen LogP contribution < -0.4 is 5.32 Å². The van der Waals surface area contributed by atoms with Gasteiger partial charge in [0.05, 0.1) is 18.1 Å². The average Bonchev–Trinajstić information content (AvgIpc) is 3.52. The highest BCUT2D eigenvalue weighted by molar-refractivity contribution is 5.91. The van der Waals surface area contributed by atoms with Crippen LogP contribution in [0.5, 0.6) is 0 Å². The monoisotopic (exact) mass is 440 g/mol. The van der Waals surface area contributed by atoms with Gasteiger partial charge in [-0.15, -0.1) is 0 Å². The molecule has 2 N–H and O–H groups in total. The van der Waals surface area contributed by atoms with Gasteiger partial charge in [-0.3, -0.25) is 9.59 Å². The van der Waals surface area contributed by atoms with Gasteiger partial charge in [0.2, 0.25) is 5.89 Å². The van der Waals surface area contributed by atoms with Crippen molar-refractivity contribution in [2.75, 3.05) is 6.54 Å². The normalized spacial score (nSPS) is 24.0. The van der Waals surface area contributed by atoms with Crippen LogP contribution in [0.3, 0.4) is 0 Å². The molecule has 2 aromatic rings. The Labute approximate surface area is 188 Å². The lowest BCUT2D eigenvalue weighted by Gasteiger charge is -2.26. The zero-order valence-corrected chi connectivity index (χ0v) is 18.6. The van der Waals surface area contributed by atoms with Crippen LogP contribution in [0.25, 0.3) is 0 Å². The molecule has 1 amide bonds. The molecule has 2 fully saturated rings. The van der Waals surface area contributed by atoms with E-state index in [1.165, 1.54) is 6.26 Å². The predicted octanol–water partition coefficient (Wildman–Crippen LogP) is 4.12. The molecule has 0 spiro atoms. The first kappa shape index (κ1) is 22.5. The van der Waals surface area contributed by atoms with Gasteiger partial charge in [0, 0.05) is 18.9 Å². The molecule has 2 aliphatic heterocycles. The number of carbonyl (C=O) groups is 2. The lowest BCUT2D eigenvalue weighted by Crippen LogP contribution is -2.28. The number of aromatic nitrogens is 1. The summed E-state index contributed by atoms with van der Waals surface area (Å²) in [5.41, 5.74) is 2.54. The Morgan fingerprint density at radius 3 is 2.72 bits per heavy atom. The molecule has 2 aliphatic rings. The van der Waals surface area contributed by atoms with Gasteiger partial charge in [-0.25, -0.2) is 4.98 Å². The Hall–Kier alpha value is -2.67. The maximum Gasteiger partial charge on any atom is 0.303 e. The van der Waals surface area contributed by atoms with Crippen LogP contribution in [-0.4, -0.2) is 40.7 Å². The van der Waals surface area contributed by atoms with E-state index in [0.717, 1.165) is 49.7 Å². The highest BCUT2D eigenvalue weighted by Gasteiger charge is 2.51. The van der Waals surface area contributed by atoms with E-state index in [-0.39, 0.29) is 36.4 Å². The molecular formula is C25H32N2O5. The minimum Gasteiger partial charge on any atom is -0.481 e. The summed E-state index contributed by atoms with van der Waals surface area (Å²) in [6.45, 7) is 2.77. The van der Waals surface area contributed by atoms with Crippen molar-refractivity contribution in [2.24, 2.45) is 5.92 Å². The van der Waals surface area contributed by atoms with E-state index in [1.807, 2.05) is 18.2 Å². The third-order valence-electron chi connectivity index (χ3n) is 6.71. The van der Waals surface area contributed by atoms with Crippen LogP contribution >= 0.6 is 0 Å². The fourth-order valence-electron chi connectivity index (χ4n) is 5.08. The van der Waals surface area contributed by atoms with Crippen molar-refractivity contribution in [1.82, 2.24) is 10.3 Å². The van der Waals surface area contributed by atoms with Crippen molar-refractivity contribution in [3.05, 3.63) is 53.2 Å². The first-order valence-electron chi connectivity index (χ1n) is 11.7. The minimum atomic E-state index is -0.791. The number of carboxylic acids is 1. The first-order chi connectivity index (χ1) is 15.6. The number of benzene rings is 1. The van der Waals surface area contributed by atoms with Gasteiger partial charge in [0.1, 0.15) is 6.26 Å². The van der Waals surface area contributed by atoms with Crippen molar-refractivity contribution in [3.63, 3.8) is 0 Å². The molecule has 1 aromatic carbocycles. The van der Waals surface area contributed by atoms with Crippen LogP contribution in [0.2, 0.25) is 0 Å². The van der Waals surface area contributed by atoms with Crippen LogP contribution in [0.15, 0.2) is 34.9 Å². The standard InChI is InChI=1S/C25H32N2O5/c1-2-3-6-13-26-24(30)19-15-31-25(27-19)23-18(20-10-11-21(23)32-20)14-17-8-5-4-7-16(17)9-12-22(28)29/h4-5,7-8,15,18,20-21,23H,2-3,6,9-14H2,1H3,(H,26,30)(H,28,29)/t18-,20-,21?,23-/m0/s1. The number of hydrogen-bond donors (Lipinski definition) is 2. The van der Waals surface area contributed by atoms with Crippen LogP contribution in [0, 0.1) is 5.92 Å². The van der Waals surface area contributed by atoms with Crippen molar-refractivity contribution >= 4 is 11.9 Å². The molecule has 4 atom stereocenters. The van der Waals surface area contributed by atoms with Crippen molar-refractivity contribution < 1.29 is 23.8 Å². The molecule has 0 radical (unpaired) electrons. The average molecular weight is 441 g/mol. The number of aryl methyl sites for hydroxylation is 1. The maximum absolute atomic E-state index is 12.4. The summed E-state index contributed by atoms with van der Waals surface area (Å²) in [6, 6.07) is 8.03. The number of amides is 1. The molecule has 1 aromatic heterocycles. The molecule has 7 nitrogen and oxygen atoms in total. The number of carboxylic acid groups (broad SMARTS) is 1. The maximum atomic E-state index is 12.4. The van der Waals surface area contributed by atoms with Gasteiger partial charge in [-0.1, -0.05) is 44.0 Å². The smallest absolute Gasteiger partial charge is 0.303 e. The molecule has 1 unspecified atom stereocenters. The van der Waals surface area contributed by atoms with E-state index >= 15 is 0 Å². The topological polar surface area (TPSA) is 102 Å². The van der Waals surface area contributed by atoms with Gasteiger partial charge in [0.25, 0.3) is 5.91 Å². The number of unbranched alkanes of at least 4 members (excludes halogenated alkanes) is 2. The highest BCUT2D eigenvalue weighted by atomic mass is 16.5. The predicted molar refractivity (Wildman–Crippen MR) is 119 cm³/mol. The van der Waals surface area contributed by atoms with Crippen molar-refractivity contribution in [2.45, 2.75) is 76.4 Å². The molecule has 0 aliphatic carbocycles. The van der Waals surface area contributed by atoms with E-state index < -0.39 is 5.97 Å². The number of oxazole rings is 1. The Kier molecular flexibility index (Phi) is 7.25. The number of aliphatic carboxylic acids is 1. The fraction of sp³-hybridized carbons (Fsp3) is 0.560. The number of ether oxygens (including phenoxy) is 1. The molecule has 2 bridgehead atoms. The number of rotatable bonds is 11. The molecule has 2 saturated heterocycles. The third-order valence-corrected chi connectivity index (χ3v) is 6.71. The summed E-state index contributed by atoms with van der Waals surface area (Å²) >= 11 is 0. The van der Waals surface area contributed by atoms with Crippen LogP contribution in [0.1, 0.15) is 78.9 Å². The summed E-state index contributed by atoms with van der Waals surface area (Å²) in [6.07, 6.45) is 8.17. The third kappa shape index (κ3) is 5.04. The second-order valence-electron chi connectivity index (χ2n) is 8.88. The van der Waals surface area contributed by atoms with Gasteiger partial charge < -0.3 is 19.6 Å². The number of fused-ring (bicyclic) bond motifs is 2. The van der Waals surface area contributed by atoms with Crippen molar-refractivity contribution in [1.29, 1.82) is 0 Å². The first-order valence-corrected chi connectivity index (χ1v) is 11.7. The number of nitrogens with one attached hydrogen (secondary N) is 1. The van der Waals surface area contributed by atoms with E-state index in [1.54, 1.807) is 0 Å². The lowest BCUT2D eigenvalue weighted by atomic mass is 9.75. The molecule has 3 heterocycles. The summed E-state index contributed by atoms with van der Waals surface area (Å²) in [5, 5.41) is 12.0. The molecule has 32 heavy (non-hydrogen) atoms. The molecule has 0 saturated carbocycles. The van der Waals surface area contributed by atoms with Crippen LogP contribution in [0.4, 0.5) is 0 Å². The second kappa shape index (κ2) is 10.3. The number of carbonyl (C=O) groups excluding carboxylic acids is 1. The summed E-state index contributed by atoms with van der Waals surface area (Å²) in [5.74, 6) is -0.220. The van der Waals surface area contributed by atoms with Gasteiger partial charge >= 0.3 is 5.97 Å². The Morgan fingerprint density at radius 2 is 1.94 bits per heavy atom. The zero-order chi connectivity index (χ0) is 22.5. The SMILES string of the molecule is CCCCCNC(=O)c1coc([C@@H]2C3CC[C@H](O3)[C@@H]2Cc2ccccc2CCC(=O)O)n1. The Morgan fingerprint density at radius 1 is 1.16 bits per heavy atom.